The molecule has 2 heterocycles. The summed E-state index contributed by atoms with van der Waals surface area (Å²) in [6, 6.07) is 3.81. The minimum atomic E-state index is 0.0113. The van der Waals surface area contributed by atoms with Crippen molar-refractivity contribution < 1.29 is 4.79 Å². The predicted molar refractivity (Wildman–Crippen MR) is 87.4 cm³/mol. The first-order chi connectivity index (χ1) is 9.94. The number of aromatic nitrogens is 1. The second-order valence-electron chi connectivity index (χ2n) is 5.25. The Morgan fingerprint density at radius 1 is 1.43 bits per heavy atom. The number of aryl methyl sites for hydroxylation is 2. The molecule has 0 fully saturated rings. The SMILES string of the molecule is Cc1nc(C(C)Nc2cc3c(cc2Cl)NC(=O)C3)c(C)s1. The molecule has 1 atom stereocenters. The fourth-order valence-corrected chi connectivity index (χ4v) is 3.74. The number of carbonyl (C=O) groups is 1. The van der Waals surface area contributed by atoms with Crippen LogP contribution in [0.15, 0.2) is 12.1 Å². The summed E-state index contributed by atoms with van der Waals surface area (Å²) in [6.45, 7) is 6.15. The number of hydrogen-bond donors (Lipinski definition) is 2. The van der Waals surface area contributed by atoms with Gasteiger partial charge in [0.2, 0.25) is 5.91 Å². The van der Waals surface area contributed by atoms with Crippen molar-refractivity contribution in [2.24, 2.45) is 0 Å². The highest BCUT2D eigenvalue weighted by Crippen LogP contribution is 2.35. The van der Waals surface area contributed by atoms with E-state index < -0.39 is 0 Å². The van der Waals surface area contributed by atoms with Gasteiger partial charge in [-0.05, 0) is 38.5 Å². The zero-order chi connectivity index (χ0) is 15.1. The number of nitrogens with one attached hydrogen (secondary N) is 2. The summed E-state index contributed by atoms with van der Waals surface area (Å²) in [4.78, 5) is 17.2. The van der Waals surface area contributed by atoms with E-state index in [1.807, 2.05) is 13.0 Å². The van der Waals surface area contributed by atoms with E-state index in [1.54, 1.807) is 17.4 Å². The fraction of sp³-hybridized carbons (Fsp3) is 0.333. The van der Waals surface area contributed by atoms with Gasteiger partial charge in [0.25, 0.3) is 0 Å². The number of anilines is 2. The first-order valence-electron chi connectivity index (χ1n) is 6.77. The number of carbonyl (C=O) groups excluding carboxylic acids is 1. The lowest BCUT2D eigenvalue weighted by molar-refractivity contribution is -0.115. The first kappa shape index (κ1) is 14.4. The average Bonchev–Trinajstić information content (AvgIpc) is 2.91. The summed E-state index contributed by atoms with van der Waals surface area (Å²) >= 11 is 7.99. The van der Waals surface area contributed by atoms with Crippen LogP contribution in [0.1, 0.15) is 34.1 Å². The molecule has 1 aliphatic rings. The molecule has 6 heteroatoms. The Kier molecular flexibility index (Phi) is 3.63. The van der Waals surface area contributed by atoms with Gasteiger partial charge in [0, 0.05) is 10.6 Å². The number of thiazole rings is 1. The van der Waals surface area contributed by atoms with Crippen LogP contribution in [-0.4, -0.2) is 10.9 Å². The number of fused-ring (bicyclic) bond motifs is 1. The van der Waals surface area contributed by atoms with E-state index in [0.29, 0.717) is 11.4 Å². The van der Waals surface area contributed by atoms with Gasteiger partial charge >= 0.3 is 0 Å². The van der Waals surface area contributed by atoms with Crippen molar-refractivity contribution in [1.82, 2.24) is 4.98 Å². The maximum absolute atomic E-state index is 11.4. The fourth-order valence-electron chi connectivity index (χ4n) is 2.61. The van der Waals surface area contributed by atoms with Crippen LogP contribution >= 0.6 is 22.9 Å². The van der Waals surface area contributed by atoms with Gasteiger partial charge in [-0.15, -0.1) is 11.3 Å². The van der Waals surface area contributed by atoms with Crippen LogP contribution in [-0.2, 0) is 11.2 Å². The van der Waals surface area contributed by atoms with Crippen LogP contribution in [0, 0.1) is 13.8 Å². The molecule has 0 saturated heterocycles. The highest BCUT2D eigenvalue weighted by atomic mass is 35.5. The van der Waals surface area contributed by atoms with E-state index in [2.05, 4.69) is 29.5 Å². The van der Waals surface area contributed by atoms with Gasteiger partial charge in [-0.25, -0.2) is 4.98 Å². The van der Waals surface area contributed by atoms with Crippen molar-refractivity contribution in [1.29, 1.82) is 0 Å². The van der Waals surface area contributed by atoms with Gasteiger partial charge in [0.05, 0.1) is 33.9 Å². The quantitative estimate of drug-likeness (QED) is 0.895. The second kappa shape index (κ2) is 5.31. The van der Waals surface area contributed by atoms with Crippen LogP contribution in [0.5, 0.6) is 0 Å². The highest BCUT2D eigenvalue weighted by Gasteiger charge is 2.21. The zero-order valence-corrected chi connectivity index (χ0v) is 13.7. The molecular formula is C15H16ClN3OS. The smallest absolute Gasteiger partial charge is 0.228 e. The van der Waals surface area contributed by atoms with Gasteiger partial charge in [0.1, 0.15) is 0 Å². The molecule has 1 aromatic carbocycles. The van der Waals surface area contributed by atoms with Crippen LogP contribution in [0.2, 0.25) is 5.02 Å². The van der Waals surface area contributed by atoms with E-state index in [-0.39, 0.29) is 11.9 Å². The van der Waals surface area contributed by atoms with Crippen molar-refractivity contribution in [3.05, 3.63) is 38.3 Å². The molecule has 1 amide bonds. The normalized spacial score (nSPS) is 14.8. The monoisotopic (exact) mass is 321 g/mol. The van der Waals surface area contributed by atoms with Crippen LogP contribution in [0.4, 0.5) is 11.4 Å². The molecule has 0 radical (unpaired) electrons. The van der Waals surface area contributed by atoms with Gasteiger partial charge in [-0.2, -0.15) is 0 Å². The standard InChI is InChI=1S/C15H16ClN3OS/c1-7(15-8(2)21-9(3)18-15)17-13-4-10-5-14(20)19-12(10)6-11(13)16/h4,6-7,17H,5H2,1-3H3,(H,19,20). The molecule has 2 N–H and O–H groups in total. The molecule has 0 bridgehead atoms. The lowest BCUT2D eigenvalue weighted by Crippen LogP contribution is -2.09. The molecule has 0 spiro atoms. The Morgan fingerprint density at radius 2 is 2.19 bits per heavy atom. The maximum Gasteiger partial charge on any atom is 0.228 e. The van der Waals surface area contributed by atoms with E-state index in [1.165, 1.54) is 4.88 Å². The van der Waals surface area contributed by atoms with Crippen molar-refractivity contribution in [3.63, 3.8) is 0 Å². The summed E-state index contributed by atoms with van der Waals surface area (Å²) in [5, 5.41) is 7.86. The van der Waals surface area contributed by atoms with E-state index in [9.17, 15) is 4.79 Å². The van der Waals surface area contributed by atoms with Crippen LogP contribution in [0.3, 0.4) is 0 Å². The van der Waals surface area contributed by atoms with E-state index in [4.69, 9.17) is 11.6 Å². The predicted octanol–water partition coefficient (Wildman–Crippen LogP) is 4.08. The largest absolute Gasteiger partial charge is 0.376 e. The minimum absolute atomic E-state index is 0.0113. The third-order valence-corrected chi connectivity index (χ3v) is 4.75. The van der Waals surface area contributed by atoms with Crippen molar-refractivity contribution >= 4 is 40.2 Å². The Labute approximate surface area is 132 Å². The lowest BCUT2D eigenvalue weighted by Gasteiger charge is -2.16. The van der Waals surface area contributed by atoms with Gasteiger partial charge < -0.3 is 10.6 Å². The lowest BCUT2D eigenvalue weighted by atomic mass is 10.1. The molecular weight excluding hydrogens is 306 g/mol. The molecule has 21 heavy (non-hydrogen) atoms. The van der Waals surface area contributed by atoms with Crippen LogP contribution < -0.4 is 10.6 Å². The molecule has 0 aliphatic carbocycles. The third-order valence-electron chi connectivity index (χ3n) is 3.54. The van der Waals surface area contributed by atoms with Crippen molar-refractivity contribution in [2.45, 2.75) is 33.2 Å². The summed E-state index contributed by atoms with van der Waals surface area (Å²) < 4.78 is 0. The summed E-state index contributed by atoms with van der Waals surface area (Å²) in [5.74, 6) is 0.0113. The topological polar surface area (TPSA) is 54.0 Å². The van der Waals surface area contributed by atoms with E-state index >= 15 is 0 Å². The van der Waals surface area contributed by atoms with Gasteiger partial charge in [-0.1, -0.05) is 11.6 Å². The Balaban J connectivity index is 1.87. The van der Waals surface area contributed by atoms with E-state index in [0.717, 1.165) is 27.6 Å². The highest BCUT2D eigenvalue weighted by molar-refractivity contribution is 7.11. The molecule has 1 aliphatic heterocycles. The maximum atomic E-state index is 11.4. The third kappa shape index (κ3) is 2.76. The number of rotatable bonds is 3. The molecule has 110 valence electrons. The second-order valence-corrected chi connectivity index (χ2v) is 7.07. The summed E-state index contributed by atoms with van der Waals surface area (Å²) in [7, 11) is 0. The molecule has 1 unspecified atom stereocenters. The number of hydrogen-bond acceptors (Lipinski definition) is 4. The molecule has 0 saturated carbocycles. The number of halogens is 1. The average molecular weight is 322 g/mol. The zero-order valence-electron chi connectivity index (χ0n) is 12.1. The van der Waals surface area contributed by atoms with Crippen molar-refractivity contribution in [2.75, 3.05) is 10.6 Å². The molecule has 2 aromatic rings. The molecule has 3 rings (SSSR count). The number of nitrogens with zero attached hydrogens (tertiary/aromatic N) is 1. The molecule has 1 aromatic heterocycles. The minimum Gasteiger partial charge on any atom is -0.376 e. The summed E-state index contributed by atoms with van der Waals surface area (Å²) in [5.41, 5.74) is 3.67. The van der Waals surface area contributed by atoms with Crippen LogP contribution in [0.25, 0.3) is 0 Å². The van der Waals surface area contributed by atoms with Crippen molar-refractivity contribution in [3.8, 4) is 0 Å². The Bertz CT molecular complexity index is 726. The van der Waals surface area contributed by atoms with Gasteiger partial charge in [0.15, 0.2) is 0 Å². The Morgan fingerprint density at radius 3 is 2.86 bits per heavy atom. The number of benzene rings is 1. The Hall–Kier alpha value is -1.59. The molecule has 4 nitrogen and oxygen atoms in total. The summed E-state index contributed by atoms with van der Waals surface area (Å²) in [6.07, 6.45) is 0.407. The number of amides is 1. The first-order valence-corrected chi connectivity index (χ1v) is 7.96. The van der Waals surface area contributed by atoms with Gasteiger partial charge in [-0.3, -0.25) is 4.79 Å².